The van der Waals surface area contributed by atoms with Gasteiger partial charge in [-0.1, -0.05) is 32.1 Å². The summed E-state index contributed by atoms with van der Waals surface area (Å²) in [4.78, 5) is 18.3. The third kappa shape index (κ3) is 4.73. The normalized spacial score (nSPS) is 21.0. The van der Waals surface area contributed by atoms with Crippen LogP contribution in [-0.4, -0.2) is 60.9 Å². The number of rotatable bonds is 3. The van der Waals surface area contributed by atoms with E-state index in [9.17, 15) is 13.2 Å². The Bertz CT molecular complexity index is 680. The number of pyridine rings is 1. The SMILES string of the molecule is O=C(NC1CCCCCCC1)N1CCN(S(=O)(=O)c2cccnc2)CC1. The van der Waals surface area contributed by atoms with Crippen molar-refractivity contribution in [1.29, 1.82) is 0 Å². The molecule has 0 aromatic carbocycles. The van der Waals surface area contributed by atoms with E-state index in [-0.39, 0.29) is 17.0 Å². The summed E-state index contributed by atoms with van der Waals surface area (Å²) in [6, 6.07) is 3.36. The zero-order valence-electron chi connectivity index (χ0n) is 15.1. The maximum Gasteiger partial charge on any atom is 0.317 e. The van der Waals surface area contributed by atoms with Crippen molar-refractivity contribution in [3.05, 3.63) is 24.5 Å². The van der Waals surface area contributed by atoms with Crippen molar-refractivity contribution in [2.75, 3.05) is 26.2 Å². The van der Waals surface area contributed by atoms with E-state index in [1.54, 1.807) is 23.2 Å². The monoisotopic (exact) mass is 380 g/mol. The highest BCUT2D eigenvalue weighted by Gasteiger charge is 2.30. The summed E-state index contributed by atoms with van der Waals surface area (Å²) in [6.07, 6.45) is 11.1. The molecule has 0 radical (unpaired) electrons. The lowest BCUT2D eigenvalue weighted by atomic mass is 9.97. The number of piperazine rings is 1. The molecule has 0 spiro atoms. The number of carbonyl (C=O) groups excluding carboxylic acids is 1. The van der Waals surface area contributed by atoms with Gasteiger partial charge in [0.25, 0.3) is 0 Å². The number of aromatic nitrogens is 1. The fourth-order valence-corrected chi connectivity index (χ4v) is 5.03. The lowest BCUT2D eigenvalue weighted by molar-refractivity contribution is 0.167. The van der Waals surface area contributed by atoms with Gasteiger partial charge >= 0.3 is 6.03 Å². The number of sulfonamides is 1. The minimum Gasteiger partial charge on any atom is -0.335 e. The molecule has 0 unspecified atom stereocenters. The van der Waals surface area contributed by atoms with E-state index in [0.717, 1.165) is 12.8 Å². The van der Waals surface area contributed by atoms with Crippen LogP contribution in [0.3, 0.4) is 0 Å². The first-order chi connectivity index (χ1) is 12.6. The standard InChI is InChI=1S/C18H28N4O3S/c23-18(20-16-7-4-2-1-3-5-8-16)21-11-13-22(14-12-21)26(24,25)17-9-6-10-19-15-17/h6,9-10,15-16H,1-5,7-8,11-14H2,(H,20,23). The Morgan fingerprint density at radius 2 is 1.69 bits per heavy atom. The molecule has 1 saturated heterocycles. The molecular weight excluding hydrogens is 352 g/mol. The van der Waals surface area contributed by atoms with Gasteiger partial charge < -0.3 is 10.2 Å². The first-order valence-corrected chi connectivity index (χ1v) is 11.0. The third-order valence-electron chi connectivity index (χ3n) is 5.23. The van der Waals surface area contributed by atoms with Crippen molar-refractivity contribution in [2.45, 2.75) is 55.9 Å². The number of nitrogens with zero attached hydrogens (tertiary/aromatic N) is 3. The second-order valence-corrected chi connectivity index (χ2v) is 9.01. The minimum atomic E-state index is -3.53. The highest BCUT2D eigenvalue weighted by Crippen LogP contribution is 2.19. The zero-order chi connectivity index (χ0) is 18.4. The molecule has 2 fully saturated rings. The Labute approximate surface area is 155 Å². The molecule has 26 heavy (non-hydrogen) atoms. The summed E-state index contributed by atoms with van der Waals surface area (Å²) in [5, 5.41) is 3.15. The van der Waals surface area contributed by atoms with Crippen LogP contribution in [-0.2, 0) is 10.0 Å². The summed E-state index contributed by atoms with van der Waals surface area (Å²) in [7, 11) is -3.53. The van der Waals surface area contributed by atoms with E-state index in [1.807, 2.05) is 0 Å². The molecule has 2 heterocycles. The van der Waals surface area contributed by atoms with E-state index in [1.165, 1.54) is 42.6 Å². The van der Waals surface area contributed by atoms with Gasteiger partial charge in [0.2, 0.25) is 10.0 Å². The molecule has 1 aliphatic carbocycles. The molecule has 1 aliphatic heterocycles. The number of nitrogens with one attached hydrogen (secondary N) is 1. The average molecular weight is 381 g/mol. The van der Waals surface area contributed by atoms with Crippen molar-refractivity contribution >= 4 is 16.1 Å². The third-order valence-corrected chi connectivity index (χ3v) is 7.11. The fraction of sp³-hybridized carbons (Fsp3) is 0.667. The second kappa shape index (κ2) is 8.81. The molecule has 2 aliphatic rings. The molecule has 8 heteroatoms. The van der Waals surface area contributed by atoms with Crippen LogP contribution in [0.4, 0.5) is 4.79 Å². The molecule has 144 valence electrons. The number of hydrogen-bond donors (Lipinski definition) is 1. The van der Waals surface area contributed by atoms with Crippen LogP contribution >= 0.6 is 0 Å². The van der Waals surface area contributed by atoms with Crippen LogP contribution in [0.5, 0.6) is 0 Å². The predicted molar refractivity (Wildman–Crippen MR) is 99.2 cm³/mol. The van der Waals surface area contributed by atoms with Crippen molar-refractivity contribution in [1.82, 2.24) is 19.5 Å². The average Bonchev–Trinajstić information content (AvgIpc) is 2.64. The van der Waals surface area contributed by atoms with Crippen LogP contribution in [0.1, 0.15) is 44.9 Å². The molecule has 0 atom stereocenters. The van der Waals surface area contributed by atoms with E-state index in [4.69, 9.17) is 0 Å². The summed E-state index contributed by atoms with van der Waals surface area (Å²) < 4.78 is 26.7. The number of carbonyl (C=O) groups is 1. The smallest absolute Gasteiger partial charge is 0.317 e. The topological polar surface area (TPSA) is 82.6 Å². The minimum absolute atomic E-state index is 0.0611. The molecule has 1 N–H and O–H groups in total. The largest absolute Gasteiger partial charge is 0.335 e. The highest BCUT2D eigenvalue weighted by atomic mass is 32.2. The van der Waals surface area contributed by atoms with Crippen LogP contribution in [0.15, 0.2) is 29.4 Å². The van der Waals surface area contributed by atoms with Crippen LogP contribution < -0.4 is 5.32 Å². The van der Waals surface area contributed by atoms with Crippen molar-refractivity contribution in [2.24, 2.45) is 0 Å². The van der Waals surface area contributed by atoms with Gasteiger partial charge in [-0.2, -0.15) is 4.31 Å². The van der Waals surface area contributed by atoms with Gasteiger partial charge in [-0.05, 0) is 25.0 Å². The first-order valence-electron chi connectivity index (χ1n) is 9.53. The molecule has 3 rings (SSSR count). The van der Waals surface area contributed by atoms with Gasteiger partial charge in [0, 0.05) is 44.6 Å². The number of hydrogen-bond acceptors (Lipinski definition) is 4. The Morgan fingerprint density at radius 3 is 2.31 bits per heavy atom. The van der Waals surface area contributed by atoms with Gasteiger partial charge in [0.05, 0.1) is 0 Å². The van der Waals surface area contributed by atoms with Crippen LogP contribution in [0.25, 0.3) is 0 Å². The lowest BCUT2D eigenvalue weighted by Gasteiger charge is -2.35. The Kier molecular flexibility index (Phi) is 6.48. The predicted octanol–water partition coefficient (Wildman–Crippen LogP) is 2.21. The Hall–Kier alpha value is -1.67. The molecule has 1 aromatic rings. The number of urea groups is 1. The first kappa shape index (κ1) is 19.1. The summed E-state index contributed by atoms with van der Waals surface area (Å²) in [6.45, 7) is 1.46. The van der Waals surface area contributed by atoms with Gasteiger partial charge in [0.15, 0.2) is 0 Å². The quantitative estimate of drug-likeness (QED) is 0.871. The molecule has 7 nitrogen and oxygen atoms in total. The fourth-order valence-electron chi connectivity index (χ4n) is 3.65. The zero-order valence-corrected chi connectivity index (χ0v) is 16.0. The van der Waals surface area contributed by atoms with E-state index >= 15 is 0 Å². The molecule has 2 amide bonds. The van der Waals surface area contributed by atoms with Gasteiger partial charge in [-0.15, -0.1) is 0 Å². The Balaban J connectivity index is 1.52. The molecule has 0 bridgehead atoms. The molecular formula is C18H28N4O3S. The Morgan fingerprint density at radius 1 is 1.04 bits per heavy atom. The summed E-state index contributed by atoms with van der Waals surface area (Å²) in [5.74, 6) is 0. The van der Waals surface area contributed by atoms with Crippen molar-refractivity contribution < 1.29 is 13.2 Å². The van der Waals surface area contributed by atoms with Crippen molar-refractivity contribution in [3.63, 3.8) is 0 Å². The van der Waals surface area contributed by atoms with Crippen LogP contribution in [0, 0.1) is 0 Å². The summed E-state index contributed by atoms with van der Waals surface area (Å²) in [5.41, 5.74) is 0. The number of amides is 2. The second-order valence-electron chi connectivity index (χ2n) is 7.07. The van der Waals surface area contributed by atoms with Crippen molar-refractivity contribution in [3.8, 4) is 0 Å². The maximum absolute atomic E-state index is 12.6. The van der Waals surface area contributed by atoms with Gasteiger partial charge in [0.1, 0.15) is 4.90 Å². The van der Waals surface area contributed by atoms with Gasteiger partial charge in [-0.25, -0.2) is 13.2 Å². The van der Waals surface area contributed by atoms with E-state index in [2.05, 4.69) is 10.3 Å². The van der Waals surface area contributed by atoms with E-state index < -0.39 is 10.0 Å². The highest BCUT2D eigenvalue weighted by molar-refractivity contribution is 7.89. The van der Waals surface area contributed by atoms with Gasteiger partial charge in [-0.3, -0.25) is 4.98 Å². The summed E-state index contributed by atoms with van der Waals surface area (Å²) >= 11 is 0. The van der Waals surface area contributed by atoms with Crippen LogP contribution in [0.2, 0.25) is 0 Å². The lowest BCUT2D eigenvalue weighted by Crippen LogP contribution is -2.54. The molecule has 1 aromatic heterocycles. The van der Waals surface area contributed by atoms with E-state index in [0.29, 0.717) is 26.2 Å². The maximum atomic E-state index is 12.6. The molecule has 1 saturated carbocycles.